The van der Waals surface area contributed by atoms with Crippen LogP contribution in [0.1, 0.15) is 25.7 Å². The van der Waals surface area contributed by atoms with Crippen molar-refractivity contribution < 1.29 is 9.59 Å². The normalized spacial score (nSPS) is 42.8. The van der Waals surface area contributed by atoms with Crippen molar-refractivity contribution in [1.29, 1.82) is 0 Å². The third-order valence-electron chi connectivity index (χ3n) is 3.89. The monoisotopic (exact) mass is 179 g/mol. The fourth-order valence-corrected chi connectivity index (χ4v) is 3.02. The van der Waals surface area contributed by atoms with Crippen LogP contribution in [0.3, 0.4) is 0 Å². The van der Waals surface area contributed by atoms with E-state index >= 15 is 0 Å². The van der Waals surface area contributed by atoms with Crippen LogP contribution in [0.2, 0.25) is 0 Å². The van der Waals surface area contributed by atoms with Crippen molar-refractivity contribution in [3.8, 4) is 0 Å². The minimum absolute atomic E-state index is 0.285. The highest BCUT2D eigenvalue weighted by atomic mass is 16.2. The van der Waals surface area contributed by atoms with E-state index in [1.807, 2.05) is 4.90 Å². The summed E-state index contributed by atoms with van der Waals surface area (Å²) in [6, 6.07) is 0.285. The lowest BCUT2D eigenvalue weighted by Gasteiger charge is -2.34. The van der Waals surface area contributed by atoms with E-state index in [1.165, 1.54) is 0 Å². The van der Waals surface area contributed by atoms with Crippen LogP contribution in [0.15, 0.2) is 0 Å². The molecule has 0 aromatic carbocycles. The number of carbonyl (C=O) groups excluding carboxylic acids is 2. The molecule has 0 N–H and O–H groups in total. The second-order valence-electron chi connectivity index (χ2n) is 4.44. The molecule has 1 saturated carbocycles. The van der Waals surface area contributed by atoms with Gasteiger partial charge < -0.3 is 4.90 Å². The van der Waals surface area contributed by atoms with Crippen LogP contribution >= 0.6 is 0 Å². The van der Waals surface area contributed by atoms with Crippen LogP contribution in [0.5, 0.6) is 0 Å². The van der Waals surface area contributed by atoms with Crippen molar-refractivity contribution in [1.82, 2.24) is 4.90 Å². The summed E-state index contributed by atoms with van der Waals surface area (Å²) in [5.74, 6) is 1.49. The van der Waals surface area contributed by atoms with E-state index in [4.69, 9.17) is 0 Å². The quantitative estimate of drug-likeness (QED) is 0.545. The van der Waals surface area contributed by atoms with E-state index in [0.29, 0.717) is 37.0 Å². The van der Waals surface area contributed by atoms with E-state index in [1.54, 1.807) is 0 Å². The first-order valence-electron chi connectivity index (χ1n) is 5.09. The number of rotatable bonds is 0. The third-order valence-corrected chi connectivity index (χ3v) is 3.89. The number of carbonyl (C=O) groups is 2. The first kappa shape index (κ1) is 7.54. The molecule has 1 aliphatic carbocycles. The molecule has 13 heavy (non-hydrogen) atoms. The Morgan fingerprint density at radius 2 is 2.08 bits per heavy atom. The van der Waals surface area contributed by atoms with E-state index < -0.39 is 0 Å². The van der Waals surface area contributed by atoms with Gasteiger partial charge in [-0.15, -0.1) is 0 Å². The SMILES string of the molecule is O=C1CCN2C(=O)[C@H]3CC[C@H]3C2C1. The van der Waals surface area contributed by atoms with Gasteiger partial charge in [0, 0.05) is 31.3 Å². The molecule has 3 heteroatoms. The number of Topliss-reactive ketones (excluding diaryl/α,β-unsaturated/α-hetero) is 1. The number of ketones is 1. The molecule has 3 fully saturated rings. The van der Waals surface area contributed by atoms with Crippen LogP contribution < -0.4 is 0 Å². The van der Waals surface area contributed by atoms with Crippen molar-refractivity contribution in [3.63, 3.8) is 0 Å². The predicted molar refractivity (Wildman–Crippen MR) is 46.0 cm³/mol. The van der Waals surface area contributed by atoms with Crippen LogP contribution in [0.4, 0.5) is 0 Å². The standard InChI is InChI=1S/C10H13NO2/c12-6-3-4-11-9(5-6)7-1-2-8(7)10(11)13/h7-9H,1-5H2/t7-,8+,9?/m1/s1. The lowest BCUT2D eigenvalue weighted by molar-refractivity contribution is -0.135. The predicted octanol–water partition coefficient (Wildman–Crippen LogP) is 0.586. The summed E-state index contributed by atoms with van der Waals surface area (Å²) in [4.78, 5) is 24.9. The van der Waals surface area contributed by atoms with Crippen molar-refractivity contribution in [3.05, 3.63) is 0 Å². The Hall–Kier alpha value is -0.860. The van der Waals surface area contributed by atoms with Gasteiger partial charge in [-0.25, -0.2) is 0 Å². The van der Waals surface area contributed by atoms with Gasteiger partial charge in [-0.05, 0) is 18.8 Å². The number of fused-ring (bicyclic) bond motifs is 3. The van der Waals surface area contributed by atoms with Crippen molar-refractivity contribution in [2.24, 2.45) is 11.8 Å². The molecule has 3 atom stereocenters. The second kappa shape index (κ2) is 2.34. The first-order chi connectivity index (χ1) is 6.27. The van der Waals surface area contributed by atoms with Gasteiger partial charge in [0.25, 0.3) is 0 Å². The van der Waals surface area contributed by atoms with Crippen molar-refractivity contribution in [2.45, 2.75) is 31.7 Å². The highest BCUT2D eigenvalue weighted by molar-refractivity contribution is 5.88. The Kier molecular flexibility index (Phi) is 1.35. The molecular weight excluding hydrogens is 166 g/mol. The molecule has 0 aromatic rings. The maximum atomic E-state index is 11.7. The van der Waals surface area contributed by atoms with Gasteiger partial charge in [-0.1, -0.05) is 0 Å². The zero-order chi connectivity index (χ0) is 9.00. The molecule has 0 aromatic heterocycles. The lowest BCUT2D eigenvalue weighted by Crippen LogP contribution is -2.42. The molecule has 1 amide bonds. The summed E-state index contributed by atoms with van der Waals surface area (Å²) < 4.78 is 0. The van der Waals surface area contributed by atoms with Gasteiger partial charge in [-0.2, -0.15) is 0 Å². The summed E-state index contributed by atoms with van der Waals surface area (Å²) >= 11 is 0. The minimum Gasteiger partial charge on any atom is -0.338 e. The topological polar surface area (TPSA) is 37.4 Å². The highest BCUT2D eigenvalue weighted by Crippen LogP contribution is 2.47. The first-order valence-corrected chi connectivity index (χ1v) is 5.09. The largest absolute Gasteiger partial charge is 0.338 e. The van der Waals surface area contributed by atoms with E-state index in [2.05, 4.69) is 0 Å². The molecule has 1 unspecified atom stereocenters. The smallest absolute Gasteiger partial charge is 0.226 e. The highest BCUT2D eigenvalue weighted by Gasteiger charge is 2.53. The van der Waals surface area contributed by atoms with Gasteiger partial charge in [-0.3, -0.25) is 9.59 Å². The molecule has 70 valence electrons. The maximum absolute atomic E-state index is 11.7. The summed E-state index contributed by atoms with van der Waals surface area (Å²) in [5, 5.41) is 0. The van der Waals surface area contributed by atoms with Crippen LogP contribution in [0.25, 0.3) is 0 Å². The van der Waals surface area contributed by atoms with Gasteiger partial charge in [0.2, 0.25) is 5.91 Å². The van der Waals surface area contributed by atoms with Crippen LogP contribution in [-0.2, 0) is 9.59 Å². The zero-order valence-electron chi connectivity index (χ0n) is 7.53. The van der Waals surface area contributed by atoms with Gasteiger partial charge in [0.1, 0.15) is 5.78 Å². The summed E-state index contributed by atoms with van der Waals surface area (Å²) in [6.07, 6.45) is 3.43. The van der Waals surface area contributed by atoms with E-state index in [0.717, 1.165) is 12.8 Å². The van der Waals surface area contributed by atoms with Gasteiger partial charge in [0.15, 0.2) is 0 Å². The molecule has 0 radical (unpaired) electrons. The fraction of sp³-hybridized carbons (Fsp3) is 0.800. The third kappa shape index (κ3) is 0.847. The van der Waals surface area contributed by atoms with Gasteiger partial charge in [0.05, 0.1) is 0 Å². The maximum Gasteiger partial charge on any atom is 0.226 e. The Balaban J connectivity index is 1.89. The second-order valence-corrected chi connectivity index (χ2v) is 4.44. The number of piperidine rings is 1. The molecule has 2 saturated heterocycles. The molecule has 0 spiro atoms. The Morgan fingerprint density at radius 3 is 2.77 bits per heavy atom. The average Bonchev–Trinajstić information content (AvgIpc) is 2.18. The average molecular weight is 179 g/mol. The summed E-state index contributed by atoms with van der Waals surface area (Å²) in [5.41, 5.74) is 0. The summed E-state index contributed by atoms with van der Waals surface area (Å²) in [6.45, 7) is 0.690. The van der Waals surface area contributed by atoms with Crippen LogP contribution in [-0.4, -0.2) is 29.2 Å². The number of amides is 1. The molecular formula is C10H13NO2. The molecule has 3 nitrogen and oxygen atoms in total. The fourth-order valence-electron chi connectivity index (χ4n) is 3.02. The number of hydrogen-bond donors (Lipinski definition) is 0. The summed E-state index contributed by atoms with van der Waals surface area (Å²) in [7, 11) is 0. The Bertz CT molecular complexity index is 287. The lowest BCUT2D eigenvalue weighted by atomic mass is 9.71. The molecule has 3 rings (SSSR count). The van der Waals surface area contributed by atoms with Crippen LogP contribution in [0, 0.1) is 11.8 Å². The molecule has 2 heterocycles. The minimum atomic E-state index is 0.285. The molecule has 0 bridgehead atoms. The number of hydrogen-bond acceptors (Lipinski definition) is 2. The Labute approximate surface area is 77.1 Å². The van der Waals surface area contributed by atoms with Crippen molar-refractivity contribution >= 4 is 11.7 Å². The number of nitrogens with zero attached hydrogens (tertiary/aromatic N) is 1. The van der Waals surface area contributed by atoms with Gasteiger partial charge >= 0.3 is 0 Å². The molecule has 3 aliphatic rings. The zero-order valence-corrected chi connectivity index (χ0v) is 7.53. The van der Waals surface area contributed by atoms with Crippen molar-refractivity contribution in [2.75, 3.05) is 6.54 Å². The molecule has 2 aliphatic heterocycles. The van der Waals surface area contributed by atoms with E-state index in [-0.39, 0.29) is 12.0 Å². The Morgan fingerprint density at radius 1 is 1.23 bits per heavy atom. The van der Waals surface area contributed by atoms with E-state index in [9.17, 15) is 9.59 Å².